The number of esters is 2. The lowest BCUT2D eigenvalue weighted by molar-refractivity contribution is -0.161. The van der Waals surface area contributed by atoms with Crippen LogP contribution in [0.25, 0.3) is 0 Å². The largest absolute Gasteiger partial charge is 0.472 e. The van der Waals surface area contributed by atoms with Gasteiger partial charge in [-0.2, -0.15) is 0 Å². The van der Waals surface area contributed by atoms with E-state index in [1.54, 1.807) is 0 Å². The molecule has 0 aromatic heterocycles. The van der Waals surface area contributed by atoms with Crippen molar-refractivity contribution < 1.29 is 37.6 Å². The Morgan fingerprint density at radius 1 is 0.492 bits per heavy atom. The maximum absolute atomic E-state index is 12.6. The third kappa shape index (κ3) is 47.7. The smallest absolute Gasteiger partial charge is 0.462 e. The molecule has 0 saturated carbocycles. The predicted molar refractivity (Wildman–Crippen MR) is 265 cm³/mol. The van der Waals surface area contributed by atoms with E-state index in [9.17, 15) is 19.0 Å². The second-order valence-corrected chi connectivity index (χ2v) is 16.7. The van der Waals surface area contributed by atoms with Gasteiger partial charge >= 0.3 is 19.8 Å². The van der Waals surface area contributed by atoms with Gasteiger partial charge in [0.05, 0.1) is 13.2 Å². The zero-order valence-electron chi connectivity index (χ0n) is 39.3. The molecule has 63 heavy (non-hydrogen) atoms. The molecule has 0 aromatic rings. The van der Waals surface area contributed by atoms with Gasteiger partial charge in [0.25, 0.3) is 0 Å². The molecule has 0 radical (unpaired) electrons. The van der Waals surface area contributed by atoms with Crippen molar-refractivity contribution in [2.75, 3.05) is 26.4 Å². The number of carbonyl (C=O) groups is 2. The quantitative estimate of drug-likeness (QED) is 0.0265. The van der Waals surface area contributed by atoms with E-state index in [0.29, 0.717) is 19.3 Å². The standard InChI is InChI=1S/C53H86NO8P/c1-3-5-7-9-11-13-15-17-18-19-20-21-22-23-24-25-26-27-28-29-30-31-32-34-36-38-40-42-44-46-53(56)62-51(50-61-63(57,58)60-48-47-54)49-59-52(55)45-43-41-39-37-35-33-16-14-12-10-8-6-4-2/h5,7,11,13-14,16-18,20-21,23-24,26-27,29-30,32,34,38,40,51H,3-4,6,8-10,12,15,19,22,25,28,31,33,35-37,39,41-50,54H2,1-2H3,(H,57,58)/b7-5-,13-11-,16-14-,18-17-,21-20-,24-23-,27-26-,30-29-,34-32-,40-38-. The van der Waals surface area contributed by atoms with E-state index in [4.69, 9.17) is 24.3 Å². The van der Waals surface area contributed by atoms with Gasteiger partial charge in [0.15, 0.2) is 6.10 Å². The molecule has 10 heteroatoms. The number of phosphoric ester groups is 1. The molecule has 3 N–H and O–H groups in total. The van der Waals surface area contributed by atoms with Crippen molar-refractivity contribution in [2.24, 2.45) is 5.73 Å². The maximum Gasteiger partial charge on any atom is 0.472 e. The molecule has 0 spiro atoms. The minimum Gasteiger partial charge on any atom is -0.462 e. The van der Waals surface area contributed by atoms with Crippen LogP contribution in [0.15, 0.2) is 122 Å². The molecule has 0 bridgehead atoms. The third-order valence-corrected chi connectivity index (χ3v) is 10.3. The summed E-state index contributed by atoms with van der Waals surface area (Å²) in [5.74, 6) is -0.921. The summed E-state index contributed by atoms with van der Waals surface area (Å²) < 4.78 is 32.7. The van der Waals surface area contributed by atoms with E-state index >= 15 is 0 Å². The second-order valence-electron chi connectivity index (χ2n) is 15.2. The Morgan fingerprint density at radius 3 is 1.37 bits per heavy atom. The zero-order chi connectivity index (χ0) is 46.0. The highest BCUT2D eigenvalue weighted by Crippen LogP contribution is 2.43. The van der Waals surface area contributed by atoms with Gasteiger partial charge in [-0.25, -0.2) is 4.57 Å². The molecule has 9 nitrogen and oxygen atoms in total. The first kappa shape index (κ1) is 59.4. The predicted octanol–water partition coefficient (Wildman–Crippen LogP) is 14.5. The number of hydrogen-bond donors (Lipinski definition) is 2. The molecule has 0 saturated heterocycles. The van der Waals surface area contributed by atoms with Gasteiger partial charge in [0.1, 0.15) is 6.61 Å². The molecule has 0 rings (SSSR count). The Balaban J connectivity index is 4.23. The molecule has 0 aliphatic rings. The van der Waals surface area contributed by atoms with Gasteiger partial charge in [-0.15, -0.1) is 0 Å². The summed E-state index contributed by atoms with van der Waals surface area (Å²) in [6.07, 6.45) is 65.3. The van der Waals surface area contributed by atoms with Crippen LogP contribution in [0, 0.1) is 0 Å². The average molecular weight is 896 g/mol. The Bertz CT molecular complexity index is 1440. The third-order valence-electron chi connectivity index (χ3n) is 9.33. The Labute approximate surface area is 383 Å². The second kappa shape index (κ2) is 47.9. The van der Waals surface area contributed by atoms with Crippen molar-refractivity contribution in [3.8, 4) is 0 Å². The van der Waals surface area contributed by atoms with E-state index < -0.39 is 32.5 Å². The minimum atomic E-state index is -4.41. The summed E-state index contributed by atoms with van der Waals surface area (Å²) in [5.41, 5.74) is 5.35. The van der Waals surface area contributed by atoms with E-state index in [0.717, 1.165) is 89.9 Å². The van der Waals surface area contributed by atoms with Crippen molar-refractivity contribution in [3.05, 3.63) is 122 Å². The molecule has 0 aromatic carbocycles. The minimum absolute atomic E-state index is 0.0363. The maximum atomic E-state index is 12.6. The number of allylic oxidation sites excluding steroid dienone is 20. The van der Waals surface area contributed by atoms with E-state index in [1.807, 2.05) is 6.08 Å². The van der Waals surface area contributed by atoms with Crippen LogP contribution in [0.4, 0.5) is 0 Å². The highest BCUT2D eigenvalue weighted by molar-refractivity contribution is 7.47. The topological polar surface area (TPSA) is 134 Å². The summed E-state index contributed by atoms with van der Waals surface area (Å²) in [7, 11) is -4.41. The number of phosphoric acid groups is 1. The summed E-state index contributed by atoms with van der Waals surface area (Å²) >= 11 is 0. The molecular formula is C53H86NO8P. The molecule has 356 valence electrons. The van der Waals surface area contributed by atoms with Crippen LogP contribution >= 0.6 is 7.82 Å². The number of nitrogens with two attached hydrogens (primary N) is 1. The lowest BCUT2D eigenvalue weighted by Gasteiger charge is -2.19. The first-order valence-electron chi connectivity index (χ1n) is 24.0. The monoisotopic (exact) mass is 896 g/mol. The van der Waals surface area contributed by atoms with Crippen LogP contribution in [-0.2, 0) is 32.7 Å². The fourth-order valence-electron chi connectivity index (χ4n) is 5.81. The highest BCUT2D eigenvalue weighted by atomic mass is 31.2. The normalized spacial score (nSPS) is 14.3. The van der Waals surface area contributed by atoms with Crippen molar-refractivity contribution >= 4 is 19.8 Å². The van der Waals surface area contributed by atoms with Crippen LogP contribution in [0.5, 0.6) is 0 Å². The van der Waals surface area contributed by atoms with Gasteiger partial charge in [-0.05, 0) is 103 Å². The van der Waals surface area contributed by atoms with Gasteiger partial charge in [-0.1, -0.05) is 174 Å². The van der Waals surface area contributed by atoms with E-state index in [-0.39, 0.29) is 32.6 Å². The van der Waals surface area contributed by atoms with Gasteiger partial charge < -0.3 is 20.1 Å². The van der Waals surface area contributed by atoms with Gasteiger partial charge in [0.2, 0.25) is 0 Å². The lowest BCUT2D eigenvalue weighted by Crippen LogP contribution is -2.29. The Hall–Kier alpha value is -3.59. The molecule has 0 aliphatic heterocycles. The number of rotatable bonds is 43. The van der Waals surface area contributed by atoms with Crippen LogP contribution in [-0.4, -0.2) is 49.3 Å². The van der Waals surface area contributed by atoms with E-state index in [1.165, 1.54) is 32.1 Å². The van der Waals surface area contributed by atoms with Gasteiger partial charge in [-0.3, -0.25) is 18.6 Å². The molecule has 2 unspecified atom stereocenters. The Kier molecular flexibility index (Phi) is 45.2. The molecule has 0 amide bonds. The summed E-state index contributed by atoms with van der Waals surface area (Å²) in [4.78, 5) is 34.9. The van der Waals surface area contributed by atoms with Crippen molar-refractivity contribution in [2.45, 2.75) is 174 Å². The fraction of sp³-hybridized carbons (Fsp3) is 0.585. The number of ether oxygens (including phenoxy) is 2. The molecule has 0 aliphatic carbocycles. The molecule has 2 atom stereocenters. The van der Waals surface area contributed by atoms with Crippen LogP contribution in [0.1, 0.15) is 168 Å². The lowest BCUT2D eigenvalue weighted by atomic mass is 10.1. The van der Waals surface area contributed by atoms with Crippen LogP contribution in [0.3, 0.4) is 0 Å². The van der Waals surface area contributed by atoms with Crippen LogP contribution in [0.2, 0.25) is 0 Å². The van der Waals surface area contributed by atoms with Crippen molar-refractivity contribution in [1.82, 2.24) is 0 Å². The summed E-state index contributed by atoms with van der Waals surface area (Å²) in [6.45, 7) is 3.50. The van der Waals surface area contributed by atoms with Crippen LogP contribution < -0.4 is 5.73 Å². The SMILES string of the molecule is CC/C=C\C/C=C\C/C=C\C/C=C\C/C=C\C/C=C\C/C=C\C/C=C\C/C=C\CCCC(=O)OC(COC(=O)CCCCCCC/C=C\CCCCCC)COP(=O)(O)OCCN. The number of carbonyl (C=O) groups excluding carboxylic acids is 2. The summed E-state index contributed by atoms with van der Waals surface area (Å²) in [6, 6.07) is 0. The molecule has 0 heterocycles. The summed E-state index contributed by atoms with van der Waals surface area (Å²) in [5, 5.41) is 0. The average Bonchev–Trinajstić information content (AvgIpc) is 3.27. The zero-order valence-corrected chi connectivity index (χ0v) is 40.1. The fourth-order valence-corrected chi connectivity index (χ4v) is 6.57. The first-order valence-corrected chi connectivity index (χ1v) is 25.5. The van der Waals surface area contributed by atoms with Crippen molar-refractivity contribution in [3.63, 3.8) is 0 Å². The highest BCUT2D eigenvalue weighted by Gasteiger charge is 2.25. The number of hydrogen-bond acceptors (Lipinski definition) is 8. The van der Waals surface area contributed by atoms with E-state index in [2.05, 4.69) is 129 Å². The molecular weight excluding hydrogens is 810 g/mol. The molecule has 0 fully saturated rings. The van der Waals surface area contributed by atoms with Gasteiger partial charge in [0, 0.05) is 19.4 Å². The first-order chi connectivity index (χ1) is 30.8. The van der Waals surface area contributed by atoms with Crippen molar-refractivity contribution in [1.29, 1.82) is 0 Å². The number of unbranched alkanes of at least 4 members (excludes halogenated alkanes) is 10. The Morgan fingerprint density at radius 2 is 0.889 bits per heavy atom.